The van der Waals surface area contributed by atoms with Crippen molar-refractivity contribution in [3.63, 3.8) is 0 Å². The fraction of sp³-hybridized carbons (Fsp3) is 0.190. The number of nitro groups is 1. The van der Waals surface area contributed by atoms with E-state index < -0.39 is 34.7 Å². The molecule has 0 saturated carbocycles. The summed E-state index contributed by atoms with van der Waals surface area (Å²) in [4.78, 5) is 47.0. The topological polar surface area (TPSA) is 141 Å². The minimum Gasteiger partial charge on any atom is -0.548 e. The van der Waals surface area contributed by atoms with Crippen molar-refractivity contribution >= 4 is 29.5 Å². The smallest absolute Gasteiger partial charge is 0.270 e. The molecule has 2 aromatic carbocycles. The number of hydrogen-bond donors (Lipinski definition) is 2. The monoisotopic (exact) mass is 410 g/mol. The molecule has 0 fully saturated rings. The van der Waals surface area contributed by atoms with Gasteiger partial charge in [-0.1, -0.05) is 44.2 Å². The number of aliphatic carboxylic acids is 1. The van der Waals surface area contributed by atoms with Gasteiger partial charge in [0.05, 0.1) is 16.9 Å². The van der Waals surface area contributed by atoms with E-state index in [0.717, 1.165) is 0 Å². The average molecular weight is 410 g/mol. The zero-order valence-electron chi connectivity index (χ0n) is 16.3. The van der Waals surface area contributed by atoms with E-state index in [9.17, 15) is 29.6 Å². The van der Waals surface area contributed by atoms with Gasteiger partial charge in [-0.25, -0.2) is 0 Å². The number of carboxylic acids is 1. The summed E-state index contributed by atoms with van der Waals surface area (Å²) < 4.78 is 0. The van der Waals surface area contributed by atoms with Gasteiger partial charge in [-0.15, -0.1) is 0 Å². The molecule has 0 aliphatic carbocycles. The van der Waals surface area contributed by atoms with Crippen LogP contribution in [0.3, 0.4) is 0 Å². The summed E-state index contributed by atoms with van der Waals surface area (Å²) in [5.41, 5.74) is 0.0803. The molecule has 9 heteroatoms. The van der Waals surface area contributed by atoms with Gasteiger partial charge < -0.3 is 20.5 Å². The highest BCUT2D eigenvalue weighted by molar-refractivity contribution is 6.06. The lowest BCUT2D eigenvalue weighted by atomic mass is 10.0. The Hall–Kier alpha value is -4.01. The third-order valence-electron chi connectivity index (χ3n) is 4.13. The Balaban J connectivity index is 2.40. The van der Waals surface area contributed by atoms with E-state index in [1.54, 1.807) is 32.0 Å². The summed E-state index contributed by atoms with van der Waals surface area (Å²) in [5, 5.41) is 27.1. The van der Waals surface area contributed by atoms with Crippen molar-refractivity contribution in [2.75, 3.05) is 0 Å². The maximum atomic E-state index is 12.7. The highest BCUT2D eigenvalue weighted by Gasteiger charge is 2.21. The normalized spacial score (nSPS) is 12.2. The van der Waals surface area contributed by atoms with E-state index >= 15 is 0 Å². The van der Waals surface area contributed by atoms with Crippen LogP contribution in [0.1, 0.15) is 29.8 Å². The summed E-state index contributed by atoms with van der Waals surface area (Å²) >= 11 is 0. The number of non-ortho nitro benzene ring substituents is 1. The summed E-state index contributed by atoms with van der Waals surface area (Å²) in [7, 11) is 0. The quantitative estimate of drug-likeness (QED) is 0.381. The number of carbonyl (C=O) groups is 3. The van der Waals surface area contributed by atoms with Gasteiger partial charge in [0, 0.05) is 17.7 Å². The number of amides is 2. The van der Waals surface area contributed by atoms with Crippen molar-refractivity contribution < 1.29 is 24.4 Å². The lowest BCUT2D eigenvalue weighted by Crippen LogP contribution is -2.52. The Morgan fingerprint density at radius 3 is 2.27 bits per heavy atom. The molecule has 2 aromatic rings. The number of carboxylic acid groups (broad SMARTS) is 1. The lowest BCUT2D eigenvalue weighted by Gasteiger charge is -2.24. The van der Waals surface area contributed by atoms with E-state index in [2.05, 4.69) is 10.6 Å². The summed E-state index contributed by atoms with van der Waals surface area (Å²) in [6.45, 7) is 3.18. The molecule has 2 N–H and O–H groups in total. The molecule has 0 radical (unpaired) electrons. The molecular weight excluding hydrogens is 390 g/mol. The van der Waals surface area contributed by atoms with E-state index in [-0.39, 0.29) is 22.5 Å². The van der Waals surface area contributed by atoms with Gasteiger partial charge in [0.25, 0.3) is 17.5 Å². The molecular formula is C21H20N3O6-. The van der Waals surface area contributed by atoms with Crippen molar-refractivity contribution in [3.05, 3.63) is 81.5 Å². The predicted molar refractivity (Wildman–Crippen MR) is 107 cm³/mol. The van der Waals surface area contributed by atoms with Crippen molar-refractivity contribution in [2.45, 2.75) is 19.9 Å². The Bertz CT molecular complexity index is 985. The maximum absolute atomic E-state index is 12.7. The van der Waals surface area contributed by atoms with Crippen LogP contribution in [0.2, 0.25) is 0 Å². The van der Waals surface area contributed by atoms with Gasteiger partial charge in [-0.2, -0.15) is 0 Å². The number of benzene rings is 2. The van der Waals surface area contributed by atoms with Crippen LogP contribution in [0, 0.1) is 16.0 Å². The van der Waals surface area contributed by atoms with Gasteiger partial charge in [-0.3, -0.25) is 19.7 Å². The molecule has 156 valence electrons. The van der Waals surface area contributed by atoms with Crippen LogP contribution in [0.25, 0.3) is 6.08 Å². The second kappa shape index (κ2) is 9.97. The maximum Gasteiger partial charge on any atom is 0.270 e. The van der Waals surface area contributed by atoms with Crippen molar-refractivity contribution in [1.29, 1.82) is 0 Å². The highest BCUT2D eigenvalue weighted by Crippen LogP contribution is 2.16. The minimum atomic E-state index is -1.47. The van der Waals surface area contributed by atoms with Crippen LogP contribution in [0.4, 0.5) is 5.69 Å². The molecule has 2 amide bonds. The second-order valence-corrected chi connectivity index (χ2v) is 6.74. The van der Waals surface area contributed by atoms with Crippen molar-refractivity contribution in [2.24, 2.45) is 5.92 Å². The highest BCUT2D eigenvalue weighted by atomic mass is 16.6. The van der Waals surface area contributed by atoms with E-state index in [1.807, 2.05) is 0 Å². The molecule has 1 atom stereocenters. The largest absolute Gasteiger partial charge is 0.548 e. The van der Waals surface area contributed by atoms with E-state index in [1.165, 1.54) is 42.5 Å². The van der Waals surface area contributed by atoms with Gasteiger partial charge in [0.15, 0.2) is 0 Å². The zero-order valence-corrected chi connectivity index (χ0v) is 16.3. The first kappa shape index (κ1) is 22.3. The first-order valence-electron chi connectivity index (χ1n) is 9.03. The van der Waals surface area contributed by atoms with Crippen LogP contribution in [-0.2, 0) is 9.59 Å². The molecule has 0 bridgehead atoms. The van der Waals surface area contributed by atoms with Crippen LogP contribution in [0.5, 0.6) is 0 Å². The van der Waals surface area contributed by atoms with E-state index in [0.29, 0.717) is 0 Å². The Kier molecular flexibility index (Phi) is 7.40. The Morgan fingerprint density at radius 2 is 1.70 bits per heavy atom. The number of nitrogens with zero attached hydrogens (tertiary/aromatic N) is 1. The summed E-state index contributed by atoms with van der Waals surface area (Å²) in [5.74, 6) is -3.41. The SMILES string of the molecule is CC(C)[C@@H](NC(=O)/C(=C/c1cccc([N+](=O)[O-])c1)NC(=O)c1ccccc1)C(=O)[O-]. The minimum absolute atomic E-state index is 0.201. The lowest BCUT2D eigenvalue weighted by molar-refractivity contribution is -0.384. The van der Waals surface area contributed by atoms with Gasteiger partial charge >= 0.3 is 0 Å². The molecule has 30 heavy (non-hydrogen) atoms. The number of nitro benzene ring substituents is 1. The van der Waals surface area contributed by atoms with Gasteiger partial charge in [0.2, 0.25) is 0 Å². The van der Waals surface area contributed by atoms with Crippen molar-refractivity contribution in [1.82, 2.24) is 10.6 Å². The number of carbonyl (C=O) groups excluding carboxylic acids is 3. The first-order valence-corrected chi connectivity index (χ1v) is 9.03. The van der Waals surface area contributed by atoms with Crippen LogP contribution >= 0.6 is 0 Å². The fourth-order valence-corrected chi connectivity index (χ4v) is 2.55. The molecule has 0 aliphatic rings. The second-order valence-electron chi connectivity index (χ2n) is 6.74. The van der Waals surface area contributed by atoms with Crippen molar-refractivity contribution in [3.8, 4) is 0 Å². The van der Waals surface area contributed by atoms with E-state index in [4.69, 9.17) is 0 Å². The average Bonchev–Trinajstić information content (AvgIpc) is 2.71. The number of nitrogens with one attached hydrogen (secondary N) is 2. The van der Waals surface area contributed by atoms with Gasteiger partial charge in [-0.05, 0) is 29.7 Å². The van der Waals surface area contributed by atoms with Crippen LogP contribution in [-0.4, -0.2) is 28.7 Å². The zero-order chi connectivity index (χ0) is 22.3. The first-order chi connectivity index (χ1) is 14.2. The predicted octanol–water partition coefficient (Wildman–Crippen LogP) is 1.26. The van der Waals surface area contributed by atoms with Gasteiger partial charge in [0.1, 0.15) is 5.70 Å². The molecule has 0 heterocycles. The fourth-order valence-electron chi connectivity index (χ4n) is 2.55. The molecule has 0 aromatic heterocycles. The number of hydrogen-bond acceptors (Lipinski definition) is 6. The Morgan fingerprint density at radius 1 is 1.03 bits per heavy atom. The standard InChI is InChI=1S/C21H21N3O6/c1-13(2)18(21(27)28)23-20(26)17(22-19(25)15-8-4-3-5-9-15)12-14-7-6-10-16(11-14)24(29)30/h3-13,18H,1-2H3,(H,22,25)(H,23,26)(H,27,28)/p-1/b17-12-/t18-/m1/s1. The third kappa shape index (κ3) is 5.99. The molecule has 0 unspecified atom stereocenters. The van der Waals surface area contributed by atoms with Crippen LogP contribution < -0.4 is 15.7 Å². The molecule has 0 aliphatic heterocycles. The molecule has 9 nitrogen and oxygen atoms in total. The number of rotatable bonds is 8. The summed E-state index contributed by atoms with van der Waals surface area (Å²) in [6.07, 6.45) is 1.23. The Labute approximate surface area is 172 Å². The molecule has 0 spiro atoms. The third-order valence-corrected chi connectivity index (χ3v) is 4.13. The summed E-state index contributed by atoms with van der Waals surface area (Å²) in [6, 6.07) is 12.2. The van der Waals surface area contributed by atoms with Crippen LogP contribution in [0.15, 0.2) is 60.3 Å². The molecule has 0 saturated heterocycles. The molecule has 2 rings (SSSR count).